The molecular weight excluding hydrogens is 384 g/mol. The first kappa shape index (κ1) is 21.1. The van der Waals surface area contributed by atoms with E-state index in [-0.39, 0.29) is 12.2 Å². The average Bonchev–Trinajstić information content (AvgIpc) is 2.59. The molecule has 10 heteroatoms. The van der Waals surface area contributed by atoms with E-state index in [2.05, 4.69) is 0 Å². The Bertz CT molecular complexity index is 707. The Kier molecular flexibility index (Phi) is 7.14. The summed E-state index contributed by atoms with van der Waals surface area (Å²) in [4.78, 5) is 34.5. The standard InChI is InChI=1S/C17H19ClO9/c1-8(19)24-7-12-15(25-9(2)20)13(21)14(22)17(26-12)27-16(23)10-4-3-5-11(18)6-10/h3-6,12-15,17,21-22H,7H2,1-2H3/t12-,13-,14-,15+,17?/m1/s1. The number of halogens is 1. The van der Waals surface area contributed by atoms with Gasteiger partial charge in [0.1, 0.15) is 24.9 Å². The van der Waals surface area contributed by atoms with E-state index < -0.39 is 48.6 Å². The second kappa shape index (κ2) is 9.14. The molecule has 1 heterocycles. The summed E-state index contributed by atoms with van der Waals surface area (Å²) < 4.78 is 20.3. The number of benzene rings is 1. The monoisotopic (exact) mass is 402 g/mol. The highest BCUT2D eigenvalue weighted by Crippen LogP contribution is 2.26. The molecule has 148 valence electrons. The van der Waals surface area contributed by atoms with Gasteiger partial charge in [-0.05, 0) is 18.2 Å². The molecule has 0 spiro atoms. The summed E-state index contributed by atoms with van der Waals surface area (Å²) >= 11 is 5.82. The summed E-state index contributed by atoms with van der Waals surface area (Å²) in [6, 6.07) is 5.89. The molecule has 1 aromatic carbocycles. The van der Waals surface area contributed by atoms with E-state index in [1.54, 1.807) is 6.07 Å². The lowest BCUT2D eigenvalue weighted by Crippen LogP contribution is -2.61. The summed E-state index contributed by atoms with van der Waals surface area (Å²) in [7, 11) is 0. The van der Waals surface area contributed by atoms with Crippen molar-refractivity contribution in [1.29, 1.82) is 0 Å². The second-order valence-corrected chi connectivity index (χ2v) is 6.25. The Morgan fingerprint density at radius 1 is 1.11 bits per heavy atom. The topological polar surface area (TPSA) is 129 Å². The highest BCUT2D eigenvalue weighted by molar-refractivity contribution is 6.30. The predicted octanol–water partition coefficient (Wildman–Crippen LogP) is 0.438. The molecule has 1 aromatic rings. The largest absolute Gasteiger partial charge is 0.463 e. The zero-order valence-electron chi connectivity index (χ0n) is 14.5. The van der Waals surface area contributed by atoms with Crippen molar-refractivity contribution in [2.75, 3.05) is 6.61 Å². The number of hydrogen-bond acceptors (Lipinski definition) is 9. The average molecular weight is 403 g/mol. The molecule has 27 heavy (non-hydrogen) atoms. The third-order valence-corrected chi connectivity index (χ3v) is 3.91. The minimum absolute atomic E-state index is 0.103. The maximum absolute atomic E-state index is 12.2. The van der Waals surface area contributed by atoms with E-state index in [0.717, 1.165) is 13.8 Å². The van der Waals surface area contributed by atoms with Crippen molar-refractivity contribution in [3.8, 4) is 0 Å². The normalized spacial score (nSPS) is 27.5. The number of carbonyl (C=O) groups is 3. The van der Waals surface area contributed by atoms with E-state index in [4.69, 9.17) is 30.5 Å². The minimum Gasteiger partial charge on any atom is -0.463 e. The Morgan fingerprint density at radius 3 is 2.41 bits per heavy atom. The van der Waals surface area contributed by atoms with Crippen LogP contribution in [0.15, 0.2) is 24.3 Å². The fourth-order valence-corrected chi connectivity index (χ4v) is 2.65. The quantitative estimate of drug-likeness (QED) is 0.532. The van der Waals surface area contributed by atoms with Gasteiger partial charge in [0.05, 0.1) is 5.56 Å². The molecule has 1 saturated heterocycles. The van der Waals surface area contributed by atoms with Crippen LogP contribution in [0.2, 0.25) is 5.02 Å². The fraction of sp³-hybridized carbons (Fsp3) is 0.471. The first-order chi connectivity index (χ1) is 12.7. The van der Waals surface area contributed by atoms with Gasteiger partial charge >= 0.3 is 17.9 Å². The first-order valence-corrected chi connectivity index (χ1v) is 8.35. The van der Waals surface area contributed by atoms with Crippen LogP contribution in [-0.2, 0) is 28.5 Å². The van der Waals surface area contributed by atoms with Crippen molar-refractivity contribution in [2.45, 2.75) is 44.6 Å². The zero-order chi connectivity index (χ0) is 20.1. The van der Waals surface area contributed by atoms with Gasteiger partial charge in [0.2, 0.25) is 6.29 Å². The van der Waals surface area contributed by atoms with Crippen molar-refractivity contribution in [3.05, 3.63) is 34.9 Å². The summed E-state index contributed by atoms with van der Waals surface area (Å²) in [6.07, 6.45) is -7.41. The number of aliphatic hydroxyl groups excluding tert-OH is 2. The van der Waals surface area contributed by atoms with Crippen LogP contribution < -0.4 is 0 Å². The molecule has 0 saturated carbocycles. The van der Waals surface area contributed by atoms with Crippen LogP contribution in [0.25, 0.3) is 0 Å². The van der Waals surface area contributed by atoms with E-state index >= 15 is 0 Å². The molecule has 5 atom stereocenters. The lowest BCUT2D eigenvalue weighted by atomic mass is 9.99. The van der Waals surface area contributed by atoms with Crippen LogP contribution in [0, 0.1) is 0 Å². The van der Waals surface area contributed by atoms with E-state index in [1.807, 2.05) is 0 Å². The predicted molar refractivity (Wildman–Crippen MR) is 89.7 cm³/mol. The lowest BCUT2D eigenvalue weighted by Gasteiger charge is -2.41. The van der Waals surface area contributed by atoms with Gasteiger partial charge in [0.15, 0.2) is 6.10 Å². The van der Waals surface area contributed by atoms with Gasteiger partial charge in [-0.1, -0.05) is 17.7 Å². The van der Waals surface area contributed by atoms with Crippen LogP contribution in [0.4, 0.5) is 0 Å². The van der Waals surface area contributed by atoms with E-state index in [9.17, 15) is 24.6 Å². The lowest BCUT2D eigenvalue weighted by molar-refractivity contribution is -0.289. The Labute approximate surface area is 159 Å². The number of aliphatic hydroxyl groups is 2. The van der Waals surface area contributed by atoms with Crippen molar-refractivity contribution < 1.29 is 43.5 Å². The zero-order valence-corrected chi connectivity index (χ0v) is 15.3. The molecule has 2 N–H and O–H groups in total. The van der Waals surface area contributed by atoms with Gasteiger partial charge in [0, 0.05) is 18.9 Å². The smallest absolute Gasteiger partial charge is 0.340 e. The molecule has 1 aliphatic rings. The second-order valence-electron chi connectivity index (χ2n) is 5.82. The highest BCUT2D eigenvalue weighted by atomic mass is 35.5. The molecule has 0 aliphatic carbocycles. The van der Waals surface area contributed by atoms with Crippen LogP contribution >= 0.6 is 11.6 Å². The Balaban J connectivity index is 2.15. The van der Waals surface area contributed by atoms with E-state index in [0.29, 0.717) is 5.02 Å². The van der Waals surface area contributed by atoms with Crippen LogP contribution in [0.3, 0.4) is 0 Å². The highest BCUT2D eigenvalue weighted by Gasteiger charge is 2.48. The maximum Gasteiger partial charge on any atom is 0.340 e. The summed E-state index contributed by atoms with van der Waals surface area (Å²) in [5.74, 6) is -2.23. The number of ether oxygens (including phenoxy) is 4. The third kappa shape index (κ3) is 5.64. The van der Waals surface area contributed by atoms with Gasteiger partial charge in [-0.15, -0.1) is 0 Å². The van der Waals surface area contributed by atoms with Crippen molar-refractivity contribution in [2.24, 2.45) is 0 Å². The SMILES string of the molecule is CC(=O)OC[C@H]1OC(OC(=O)c2cccc(Cl)c2)[C@H](O)[C@@H](O)[C@H]1OC(C)=O. The number of carbonyl (C=O) groups excluding carboxylic acids is 3. The molecule has 9 nitrogen and oxygen atoms in total. The molecule has 0 aromatic heterocycles. The summed E-state index contributed by atoms with van der Waals surface area (Å²) in [6.45, 7) is 1.88. The van der Waals surface area contributed by atoms with Gasteiger partial charge < -0.3 is 29.2 Å². The van der Waals surface area contributed by atoms with Crippen molar-refractivity contribution in [1.82, 2.24) is 0 Å². The third-order valence-electron chi connectivity index (χ3n) is 3.68. The number of esters is 3. The Morgan fingerprint density at radius 2 is 1.81 bits per heavy atom. The molecule has 1 unspecified atom stereocenters. The molecule has 1 aliphatic heterocycles. The fourth-order valence-electron chi connectivity index (χ4n) is 2.46. The number of hydrogen-bond donors (Lipinski definition) is 2. The molecule has 0 radical (unpaired) electrons. The van der Waals surface area contributed by atoms with Gasteiger partial charge in [0.25, 0.3) is 0 Å². The van der Waals surface area contributed by atoms with Gasteiger partial charge in [-0.2, -0.15) is 0 Å². The van der Waals surface area contributed by atoms with Gasteiger partial charge in [-0.3, -0.25) is 9.59 Å². The van der Waals surface area contributed by atoms with Crippen molar-refractivity contribution in [3.63, 3.8) is 0 Å². The molecule has 2 rings (SSSR count). The maximum atomic E-state index is 12.2. The molecule has 0 bridgehead atoms. The van der Waals surface area contributed by atoms with Crippen LogP contribution in [-0.4, -0.2) is 65.4 Å². The van der Waals surface area contributed by atoms with Gasteiger partial charge in [-0.25, -0.2) is 4.79 Å². The summed E-state index contributed by atoms with van der Waals surface area (Å²) in [5, 5.41) is 20.8. The first-order valence-electron chi connectivity index (χ1n) is 7.97. The van der Waals surface area contributed by atoms with E-state index in [1.165, 1.54) is 18.2 Å². The number of rotatable bonds is 5. The van der Waals surface area contributed by atoms with Crippen molar-refractivity contribution >= 4 is 29.5 Å². The molecule has 0 amide bonds. The van der Waals surface area contributed by atoms with Crippen LogP contribution in [0.1, 0.15) is 24.2 Å². The minimum atomic E-state index is -1.70. The van der Waals surface area contributed by atoms with Crippen LogP contribution in [0.5, 0.6) is 0 Å². The molecule has 1 fully saturated rings. The summed E-state index contributed by atoms with van der Waals surface area (Å²) in [5.41, 5.74) is 0.103. The molecular formula is C17H19ClO9. The Hall–Kier alpha value is -2.20.